The van der Waals surface area contributed by atoms with Crippen LogP contribution in [-0.2, 0) is 11.3 Å². The molecule has 1 aliphatic heterocycles. The minimum absolute atomic E-state index is 0.169. The van der Waals surface area contributed by atoms with Crippen LogP contribution in [0.4, 0.5) is 0 Å². The van der Waals surface area contributed by atoms with E-state index < -0.39 is 0 Å². The number of hydrogen-bond donors (Lipinski definition) is 1. The summed E-state index contributed by atoms with van der Waals surface area (Å²) in [7, 11) is 0. The van der Waals surface area contributed by atoms with Crippen LogP contribution in [0.1, 0.15) is 5.56 Å². The molecule has 0 unspecified atom stereocenters. The molecule has 0 aliphatic carbocycles. The number of amides is 1. The third-order valence-electron chi connectivity index (χ3n) is 2.99. The summed E-state index contributed by atoms with van der Waals surface area (Å²) in [4.78, 5) is 12.3. The van der Waals surface area contributed by atoms with Crippen LogP contribution in [0.3, 0.4) is 0 Å². The number of nitrogens with one attached hydrogen (secondary N) is 1. The van der Waals surface area contributed by atoms with Crippen molar-refractivity contribution in [2.75, 3.05) is 0 Å². The zero-order valence-electron chi connectivity index (χ0n) is 10.3. The van der Waals surface area contributed by atoms with Crippen molar-refractivity contribution in [2.45, 2.75) is 6.54 Å². The quantitative estimate of drug-likeness (QED) is 0.684. The summed E-state index contributed by atoms with van der Waals surface area (Å²) in [5.74, 6) is -0.169. The molecule has 20 heavy (non-hydrogen) atoms. The molecule has 6 heteroatoms. The molecule has 0 spiro atoms. The summed E-state index contributed by atoms with van der Waals surface area (Å²) < 4.78 is 2.35. The Balaban J connectivity index is 2.13. The molecule has 0 radical (unpaired) electrons. The second kappa shape index (κ2) is 5.12. The first kappa shape index (κ1) is 12.9. The Bertz CT molecular complexity index is 798. The fraction of sp³-hybridized carbons (Fsp3) is 0.0714. The van der Waals surface area contributed by atoms with E-state index in [4.69, 9.17) is 17.5 Å². The van der Waals surface area contributed by atoms with Gasteiger partial charge in [-0.25, -0.2) is 0 Å². The second-order valence-corrected chi connectivity index (χ2v) is 5.96. The zero-order valence-corrected chi connectivity index (χ0v) is 11.9. The molecule has 1 aromatic heterocycles. The standard InChI is InChI=1S/C14H9N3OS2/c15-5-6-17-8-9(10-3-1-2-4-11(10)17)7-12-13(18)16-14(19)20-12/h1-4,7-8H,6H2,(H,16,18,19). The zero-order chi connectivity index (χ0) is 14.1. The maximum Gasteiger partial charge on any atom is 0.263 e. The number of hydrogen-bond acceptors (Lipinski definition) is 4. The van der Waals surface area contributed by atoms with E-state index in [0.29, 0.717) is 9.23 Å². The molecule has 2 aromatic rings. The number of thiocarbonyl (C=S) groups is 1. The number of thioether (sulfide) groups is 1. The van der Waals surface area contributed by atoms with E-state index in [1.165, 1.54) is 11.8 Å². The predicted octanol–water partition coefficient (Wildman–Crippen LogP) is 2.65. The number of para-hydroxylation sites is 1. The van der Waals surface area contributed by atoms with Gasteiger partial charge in [-0.05, 0) is 12.1 Å². The molecule has 2 heterocycles. The third kappa shape index (κ3) is 2.22. The van der Waals surface area contributed by atoms with Gasteiger partial charge in [-0.2, -0.15) is 5.26 Å². The second-order valence-electron chi connectivity index (χ2n) is 4.24. The first-order valence-corrected chi connectivity index (χ1v) is 7.11. The lowest BCUT2D eigenvalue weighted by atomic mass is 10.1. The fourth-order valence-electron chi connectivity index (χ4n) is 2.16. The van der Waals surface area contributed by atoms with Gasteiger partial charge in [0, 0.05) is 22.7 Å². The lowest BCUT2D eigenvalue weighted by Crippen LogP contribution is -2.17. The van der Waals surface area contributed by atoms with Gasteiger partial charge in [0.1, 0.15) is 10.9 Å². The minimum Gasteiger partial charge on any atom is -0.333 e. The lowest BCUT2D eigenvalue weighted by Gasteiger charge is -1.96. The summed E-state index contributed by atoms with van der Waals surface area (Å²) in [5.41, 5.74) is 1.89. The Hall–Kier alpha value is -2.10. The average molecular weight is 299 g/mol. The number of rotatable bonds is 2. The average Bonchev–Trinajstić information content (AvgIpc) is 2.93. The summed E-state index contributed by atoms with van der Waals surface area (Å²) >= 11 is 6.23. The molecule has 1 amide bonds. The Labute approximate surface area is 125 Å². The van der Waals surface area contributed by atoms with Crippen LogP contribution in [0, 0.1) is 11.3 Å². The molecule has 1 N–H and O–H groups in total. The van der Waals surface area contributed by atoms with Crippen LogP contribution in [0.2, 0.25) is 0 Å². The van der Waals surface area contributed by atoms with E-state index in [2.05, 4.69) is 11.4 Å². The summed E-state index contributed by atoms with van der Waals surface area (Å²) in [5, 5.41) is 12.5. The van der Waals surface area contributed by atoms with Gasteiger partial charge < -0.3 is 9.88 Å². The smallest absolute Gasteiger partial charge is 0.263 e. The monoisotopic (exact) mass is 299 g/mol. The Morgan fingerprint density at radius 3 is 2.95 bits per heavy atom. The molecule has 4 nitrogen and oxygen atoms in total. The van der Waals surface area contributed by atoms with Crippen molar-refractivity contribution in [3.63, 3.8) is 0 Å². The Kier molecular flexibility index (Phi) is 3.30. The number of carbonyl (C=O) groups is 1. The van der Waals surface area contributed by atoms with E-state index in [0.717, 1.165) is 16.5 Å². The predicted molar refractivity (Wildman–Crippen MR) is 83.9 cm³/mol. The third-order valence-corrected chi connectivity index (χ3v) is 4.15. The highest BCUT2D eigenvalue weighted by atomic mass is 32.2. The highest BCUT2D eigenvalue weighted by Gasteiger charge is 2.22. The molecule has 3 rings (SSSR count). The van der Waals surface area contributed by atoms with Crippen LogP contribution in [-0.4, -0.2) is 14.8 Å². The number of nitriles is 1. The highest BCUT2D eigenvalue weighted by Crippen LogP contribution is 2.29. The van der Waals surface area contributed by atoms with Crippen LogP contribution < -0.4 is 5.32 Å². The number of fused-ring (bicyclic) bond motifs is 1. The number of nitrogens with zero attached hydrogens (tertiary/aromatic N) is 2. The maximum absolute atomic E-state index is 11.7. The van der Waals surface area contributed by atoms with E-state index in [-0.39, 0.29) is 12.5 Å². The topological polar surface area (TPSA) is 57.8 Å². The van der Waals surface area contributed by atoms with Gasteiger partial charge >= 0.3 is 0 Å². The van der Waals surface area contributed by atoms with Crippen LogP contribution in [0.15, 0.2) is 35.4 Å². The van der Waals surface area contributed by atoms with Crippen molar-refractivity contribution in [1.82, 2.24) is 9.88 Å². The molecule has 1 saturated heterocycles. The first-order chi connectivity index (χ1) is 9.69. The van der Waals surface area contributed by atoms with Crippen molar-refractivity contribution >= 4 is 51.2 Å². The van der Waals surface area contributed by atoms with Gasteiger partial charge in [0.05, 0.1) is 11.0 Å². The molecular weight excluding hydrogens is 290 g/mol. The van der Waals surface area contributed by atoms with Crippen molar-refractivity contribution < 1.29 is 4.79 Å². The summed E-state index contributed by atoms with van der Waals surface area (Å²) in [6.45, 7) is 0.279. The Morgan fingerprint density at radius 1 is 1.45 bits per heavy atom. The number of aromatic nitrogens is 1. The SMILES string of the molecule is N#CCn1cc(C=C2SC(=S)NC2=O)c2ccccc21. The van der Waals surface area contributed by atoms with Gasteiger partial charge in [0.2, 0.25) is 0 Å². The van der Waals surface area contributed by atoms with E-state index >= 15 is 0 Å². The van der Waals surface area contributed by atoms with Gasteiger partial charge in [0.15, 0.2) is 0 Å². The van der Waals surface area contributed by atoms with Crippen LogP contribution in [0.5, 0.6) is 0 Å². The molecular formula is C14H9N3OS2. The molecule has 1 fully saturated rings. The van der Waals surface area contributed by atoms with Crippen LogP contribution in [0.25, 0.3) is 17.0 Å². The molecule has 1 aromatic carbocycles. The maximum atomic E-state index is 11.7. The number of benzene rings is 1. The minimum atomic E-state index is -0.169. The van der Waals surface area contributed by atoms with Gasteiger partial charge in [-0.15, -0.1) is 0 Å². The lowest BCUT2D eigenvalue weighted by molar-refractivity contribution is -0.115. The largest absolute Gasteiger partial charge is 0.333 e. The molecule has 0 saturated carbocycles. The summed E-state index contributed by atoms with van der Waals surface area (Å²) in [6, 6.07) is 9.94. The molecule has 98 valence electrons. The van der Waals surface area contributed by atoms with Crippen molar-refractivity contribution in [3.05, 3.63) is 40.9 Å². The summed E-state index contributed by atoms with van der Waals surface area (Å²) in [6.07, 6.45) is 3.70. The highest BCUT2D eigenvalue weighted by molar-refractivity contribution is 8.26. The normalized spacial score (nSPS) is 16.6. The van der Waals surface area contributed by atoms with E-state index in [1.807, 2.05) is 41.1 Å². The first-order valence-electron chi connectivity index (χ1n) is 5.89. The molecule has 1 aliphatic rings. The van der Waals surface area contributed by atoms with Gasteiger partial charge in [-0.3, -0.25) is 4.79 Å². The van der Waals surface area contributed by atoms with Gasteiger partial charge in [-0.1, -0.05) is 42.2 Å². The van der Waals surface area contributed by atoms with E-state index in [1.54, 1.807) is 0 Å². The fourth-order valence-corrected chi connectivity index (χ4v) is 3.19. The Morgan fingerprint density at radius 2 is 2.25 bits per heavy atom. The van der Waals surface area contributed by atoms with Crippen molar-refractivity contribution in [1.29, 1.82) is 5.26 Å². The number of carbonyl (C=O) groups excluding carboxylic acids is 1. The van der Waals surface area contributed by atoms with Gasteiger partial charge in [0.25, 0.3) is 5.91 Å². The molecule has 0 atom stereocenters. The van der Waals surface area contributed by atoms with E-state index in [9.17, 15) is 4.79 Å². The molecule has 0 bridgehead atoms. The van der Waals surface area contributed by atoms with Crippen molar-refractivity contribution in [3.8, 4) is 6.07 Å². The van der Waals surface area contributed by atoms with Crippen LogP contribution >= 0.6 is 24.0 Å². The van der Waals surface area contributed by atoms with Crippen molar-refractivity contribution in [2.24, 2.45) is 0 Å².